The molecule has 0 fully saturated rings. The first-order chi connectivity index (χ1) is 8.85. The van der Waals surface area contributed by atoms with Crippen LogP contribution in [0.1, 0.15) is 47.0 Å². The van der Waals surface area contributed by atoms with Gasteiger partial charge in [0.1, 0.15) is 4.47 Å². The molecule has 0 atom stereocenters. The van der Waals surface area contributed by atoms with Gasteiger partial charge in [-0.15, -0.1) is 0 Å². The number of hydrogen-bond donors (Lipinski definition) is 1. The molecular weight excluding hydrogens is 306 g/mol. The Morgan fingerprint density at radius 2 is 2.11 bits per heavy atom. The van der Waals surface area contributed by atoms with Crippen molar-refractivity contribution in [2.45, 2.75) is 53.5 Å². The molecule has 1 rings (SSSR count). The van der Waals surface area contributed by atoms with Crippen molar-refractivity contribution >= 4 is 21.6 Å². The lowest BCUT2D eigenvalue weighted by molar-refractivity contribution is 0.389. The highest BCUT2D eigenvalue weighted by molar-refractivity contribution is 9.10. The van der Waals surface area contributed by atoms with Crippen LogP contribution in [-0.2, 0) is 6.54 Å². The lowest BCUT2D eigenvalue weighted by atomic mass is 9.92. The second-order valence-corrected chi connectivity index (χ2v) is 6.78. The summed E-state index contributed by atoms with van der Waals surface area (Å²) in [5.74, 6) is 0. The highest BCUT2D eigenvalue weighted by Crippen LogP contribution is 2.20. The Hall–Kier alpha value is -0.840. The minimum atomic E-state index is -0.0609. The highest BCUT2D eigenvalue weighted by atomic mass is 79.9. The van der Waals surface area contributed by atoms with Crippen LogP contribution in [0.2, 0.25) is 0 Å². The lowest BCUT2D eigenvalue weighted by Crippen LogP contribution is -2.25. The third kappa shape index (κ3) is 5.35. The quantitative estimate of drug-likeness (QED) is 0.866. The summed E-state index contributed by atoms with van der Waals surface area (Å²) in [6.07, 6.45) is 4.79. The lowest BCUT2D eigenvalue weighted by Gasteiger charge is -2.19. The van der Waals surface area contributed by atoms with Gasteiger partial charge in [-0.25, -0.2) is 4.68 Å². The van der Waals surface area contributed by atoms with Crippen molar-refractivity contribution in [3.8, 4) is 0 Å². The van der Waals surface area contributed by atoms with Gasteiger partial charge in [-0.05, 0) is 34.2 Å². The van der Waals surface area contributed by atoms with E-state index in [-0.39, 0.29) is 11.0 Å². The van der Waals surface area contributed by atoms with Crippen LogP contribution < -0.4 is 10.9 Å². The molecule has 19 heavy (non-hydrogen) atoms. The van der Waals surface area contributed by atoms with Gasteiger partial charge in [-0.2, -0.15) is 5.10 Å². The van der Waals surface area contributed by atoms with Crippen molar-refractivity contribution in [3.63, 3.8) is 0 Å². The zero-order valence-electron chi connectivity index (χ0n) is 12.3. The first kappa shape index (κ1) is 16.2. The maximum Gasteiger partial charge on any atom is 0.283 e. The summed E-state index contributed by atoms with van der Waals surface area (Å²) in [5, 5.41) is 7.47. The Morgan fingerprint density at radius 1 is 1.42 bits per heavy atom. The fraction of sp³-hybridized carbons (Fsp3) is 0.714. The molecule has 1 N–H and O–H groups in total. The fourth-order valence-electron chi connectivity index (χ4n) is 1.63. The summed E-state index contributed by atoms with van der Waals surface area (Å²) in [6, 6.07) is 0. The molecule has 0 radical (unpaired) electrons. The van der Waals surface area contributed by atoms with E-state index in [1.807, 2.05) is 0 Å². The summed E-state index contributed by atoms with van der Waals surface area (Å²) in [7, 11) is 0. The van der Waals surface area contributed by atoms with Crippen molar-refractivity contribution in [3.05, 3.63) is 21.0 Å². The van der Waals surface area contributed by atoms with E-state index in [1.165, 1.54) is 4.68 Å². The Kier molecular flexibility index (Phi) is 6.04. The monoisotopic (exact) mass is 329 g/mol. The van der Waals surface area contributed by atoms with E-state index in [4.69, 9.17) is 0 Å². The summed E-state index contributed by atoms with van der Waals surface area (Å²) in [6.45, 7) is 10.2. The number of halogens is 1. The zero-order valence-corrected chi connectivity index (χ0v) is 13.9. The summed E-state index contributed by atoms with van der Waals surface area (Å²) in [4.78, 5) is 12.1. The highest BCUT2D eigenvalue weighted by Gasteiger charge is 2.11. The second kappa shape index (κ2) is 7.08. The molecule has 0 aliphatic carbocycles. The van der Waals surface area contributed by atoms with E-state index >= 15 is 0 Å². The minimum Gasteiger partial charge on any atom is -0.383 e. The maximum atomic E-state index is 12.1. The third-order valence-corrected chi connectivity index (χ3v) is 3.67. The van der Waals surface area contributed by atoms with Crippen LogP contribution in [0.5, 0.6) is 0 Å². The number of rotatable bonds is 6. The molecule has 1 aromatic rings. The van der Waals surface area contributed by atoms with Crippen LogP contribution >= 0.6 is 15.9 Å². The van der Waals surface area contributed by atoms with Gasteiger partial charge in [0, 0.05) is 13.1 Å². The Bertz CT molecular complexity index is 463. The smallest absolute Gasteiger partial charge is 0.283 e. The summed E-state index contributed by atoms with van der Waals surface area (Å²) >= 11 is 3.37. The molecular formula is C14H24BrN3O. The Morgan fingerprint density at radius 3 is 2.68 bits per heavy atom. The van der Waals surface area contributed by atoms with Gasteiger partial charge in [0.2, 0.25) is 0 Å². The largest absolute Gasteiger partial charge is 0.383 e. The zero-order chi connectivity index (χ0) is 14.5. The molecule has 0 unspecified atom stereocenters. The number of anilines is 1. The van der Waals surface area contributed by atoms with Gasteiger partial charge < -0.3 is 5.32 Å². The molecule has 0 aliphatic rings. The van der Waals surface area contributed by atoms with Gasteiger partial charge >= 0.3 is 0 Å². The molecule has 0 aromatic carbocycles. The van der Waals surface area contributed by atoms with Crippen LogP contribution in [0.25, 0.3) is 0 Å². The van der Waals surface area contributed by atoms with Crippen LogP contribution in [0.15, 0.2) is 15.5 Å². The average molecular weight is 330 g/mol. The summed E-state index contributed by atoms with van der Waals surface area (Å²) < 4.78 is 2.09. The third-order valence-electron chi connectivity index (χ3n) is 2.90. The predicted molar refractivity (Wildman–Crippen MR) is 83.7 cm³/mol. The molecule has 108 valence electrons. The van der Waals surface area contributed by atoms with Gasteiger partial charge in [0.05, 0.1) is 11.9 Å². The number of nitrogens with one attached hydrogen (secondary N) is 1. The standard InChI is InChI=1S/C14H24BrN3O/c1-5-6-9-18-13(19)12(15)11(10-17-18)16-8-7-14(2,3)4/h10,16H,5-9H2,1-4H3. The Balaban J connectivity index is 2.71. The van der Waals surface area contributed by atoms with Crippen LogP contribution in [0.4, 0.5) is 5.69 Å². The number of nitrogens with zero attached hydrogens (tertiary/aromatic N) is 2. The SMILES string of the molecule is CCCCn1ncc(NCCC(C)(C)C)c(Br)c1=O. The normalized spacial score (nSPS) is 11.6. The number of aryl methyl sites for hydroxylation is 1. The van der Waals surface area contributed by atoms with Crippen LogP contribution in [-0.4, -0.2) is 16.3 Å². The van der Waals surface area contributed by atoms with Crippen LogP contribution in [0, 0.1) is 5.41 Å². The maximum absolute atomic E-state index is 12.1. The minimum absolute atomic E-state index is 0.0609. The molecule has 1 heterocycles. The van der Waals surface area contributed by atoms with Crippen molar-refractivity contribution in [1.82, 2.24) is 9.78 Å². The topological polar surface area (TPSA) is 46.9 Å². The molecule has 4 nitrogen and oxygen atoms in total. The van der Waals surface area contributed by atoms with Crippen LogP contribution in [0.3, 0.4) is 0 Å². The molecule has 0 aliphatic heterocycles. The van der Waals surface area contributed by atoms with E-state index in [9.17, 15) is 4.79 Å². The van der Waals surface area contributed by atoms with Crippen molar-refractivity contribution < 1.29 is 0 Å². The second-order valence-electron chi connectivity index (χ2n) is 5.99. The first-order valence-electron chi connectivity index (χ1n) is 6.84. The van der Waals surface area contributed by atoms with E-state index in [0.29, 0.717) is 11.0 Å². The van der Waals surface area contributed by atoms with Crippen molar-refractivity contribution in [2.24, 2.45) is 5.41 Å². The molecule has 0 bridgehead atoms. The number of aromatic nitrogens is 2. The average Bonchev–Trinajstić information content (AvgIpc) is 2.32. The van der Waals surface area contributed by atoms with E-state index in [2.05, 4.69) is 54.0 Å². The van der Waals surface area contributed by atoms with E-state index in [0.717, 1.165) is 31.5 Å². The predicted octanol–water partition coefficient (Wildman–Crippen LogP) is 3.65. The van der Waals surface area contributed by atoms with Crippen molar-refractivity contribution in [2.75, 3.05) is 11.9 Å². The van der Waals surface area contributed by atoms with Crippen molar-refractivity contribution in [1.29, 1.82) is 0 Å². The molecule has 0 amide bonds. The van der Waals surface area contributed by atoms with Gasteiger partial charge in [0.15, 0.2) is 0 Å². The molecule has 5 heteroatoms. The first-order valence-corrected chi connectivity index (χ1v) is 7.64. The molecule has 0 saturated heterocycles. The molecule has 0 spiro atoms. The molecule has 0 saturated carbocycles. The van der Waals surface area contributed by atoms with Gasteiger partial charge in [-0.3, -0.25) is 4.79 Å². The molecule has 1 aromatic heterocycles. The van der Waals surface area contributed by atoms with Gasteiger partial charge in [0.25, 0.3) is 5.56 Å². The Labute approximate surface area is 123 Å². The number of hydrogen-bond acceptors (Lipinski definition) is 3. The van der Waals surface area contributed by atoms with Gasteiger partial charge in [-0.1, -0.05) is 34.1 Å². The number of unbranched alkanes of at least 4 members (excludes halogenated alkanes) is 1. The van der Waals surface area contributed by atoms with E-state index in [1.54, 1.807) is 6.20 Å². The van der Waals surface area contributed by atoms with E-state index < -0.39 is 0 Å². The fourth-order valence-corrected chi connectivity index (χ4v) is 2.07. The summed E-state index contributed by atoms with van der Waals surface area (Å²) in [5.41, 5.74) is 0.999.